The molecule has 0 atom stereocenters. The quantitative estimate of drug-likeness (QED) is 0.788. The Morgan fingerprint density at radius 3 is 2.47 bits per heavy atom. The van der Waals surface area contributed by atoms with Gasteiger partial charge >= 0.3 is 0 Å². The van der Waals surface area contributed by atoms with Gasteiger partial charge in [-0.2, -0.15) is 0 Å². The maximum Gasteiger partial charge on any atom is 0.251 e. The summed E-state index contributed by atoms with van der Waals surface area (Å²) in [7, 11) is 1.70. The van der Waals surface area contributed by atoms with Crippen LogP contribution in [-0.2, 0) is 16.8 Å². The fourth-order valence-electron chi connectivity index (χ4n) is 3.97. The minimum Gasteiger partial charge on any atom is -0.388 e. The number of aromatic nitrogens is 3. The number of anilines is 4. The summed E-state index contributed by atoms with van der Waals surface area (Å²) in [4.78, 5) is 29.6. The van der Waals surface area contributed by atoms with Crippen LogP contribution < -0.4 is 15.1 Å². The number of nitrogens with one attached hydrogen (secondary N) is 1. The Kier molecular flexibility index (Phi) is 4.84. The highest BCUT2D eigenvalue weighted by Gasteiger charge is 2.48. The number of rotatable bonds is 4. The summed E-state index contributed by atoms with van der Waals surface area (Å²) < 4.78 is 26.8. The molecule has 0 aromatic carbocycles. The molecule has 10 heteroatoms. The molecule has 2 aliphatic heterocycles. The van der Waals surface area contributed by atoms with Crippen molar-refractivity contribution in [1.29, 1.82) is 0 Å². The summed E-state index contributed by atoms with van der Waals surface area (Å²) in [5.74, 6) is -1.12. The van der Waals surface area contributed by atoms with Crippen LogP contribution in [0.3, 0.4) is 0 Å². The number of pyridine rings is 1. The minimum atomic E-state index is -2.62. The summed E-state index contributed by atoms with van der Waals surface area (Å²) in [6.45, 7) is 3.70. The smallest absolute Gasteiger partial charge is 0.251 e. The molecule has 0 aliphatic carbocycles. The molecular weight excluding hydrogens is 394 g/mol. The van der Waals surface area contributed by atoms with Gasteiger partial charge in [-0.15, -0.1) is 0 Å². The average Bonchev–Trinajstić information content (AvgIpc) is 2.93. The topological polar surface area (TPSA) is 94.5 Å². The number of carbonyl (C=O) groups excluding carboxylic acids is 1. The van der Waals surface area contributed by atoms with Gasteiger partial charge in [0.15, 0.2) is 5.82 Å². The molecule has 0 saturated carbocycles. The molecule has 4 heterocycles. The maximum absolute atomic E-state index is 13.4. The predicted molar refractivity (Wildman–Crippen MR) is 108 cm³/mol. The number of alkyl halides is 2. The Hall–Kier alpha value is -2.88. The third-order valence-corrected chi connectivity index (χ3v) is 5.70. The zero-order valence-corrected chi connectivity index (χ0v) is 17.1. The number of hydrogen-bond donors (Lipinski definition) is 2. The van der Waals surface area contributed by atoms with E-state index in [4.69, 9.17) is 0 Å². The maximum atomic E-state index is 13.4. The Morgan fingerprint density at radius 2 is 1.90 bits per heavy atom. The van der Waals surface area contributed by atoms with Gasteiger partial charge in [-0.25, -0.2) is 23.7 Å². The third kappa shape index (κ3) is 3.24. The zero-order chi connectivity index (χ0) is 21.7. The monoisotopic (exact) mass is 418 g/mol. The van der Waals surface area contributed by atoms with Crippen molar-refractivity contribution in [2.45, 2.75) is 44.6 Å². The summed E-state index contributed by atoms with van der Waals surface area (Å²) in [5, 5.41) is 12.5. The standard InChI is InChI=1S/C20H24F2N6O2/c1-19(2)15-16(23-3)25-13(11-29)26-17(15)28(18(19)30)12-4-5-14(24-10-12)27-8-6-20(21,22)7-9-27/h4-5,10,29H,6-9,11H2,1-3H3,(H,23,25,26). The molecule has 30 heavy (non-hydrogen) atoms. The van der Waals surface area contributed by atoms with Crippen LogP contribution in [0.4, 0.5) is 31.9 Å². The van der Waals surface area contributed by atoms with Gasteiger partial charge in [-0.1, -0.05) is 0 Å². The Morgan fingerprint density at radius 1 is 1.20 bits per heavy atom. The summed E-state index contributed by atoms with van der Waals surface area (Å²) in [5.41, 5.74) is 0.288. The molecule has 0 unspecified atom stereocenters. The fourth-order valence-corrected chi connectivity index (χ4v) is 3.97. The first-order valence-electron chi connectivity index (χ1n) is 9.81. The second-order valence-electron chi connectivity index (χ2n) is 8.08. The van der Waals surface area contributed by atoms with E-state index in [1.54, 1.807) is 39.2 Å². The number of aliphatic hydroxyl groups is 1. The van der Waals surface area contributed by atoms with E-state index < -0.39 is 11.3 Å². The molecule has 2 N–H and O–H groups in total. The Bertz CT molecular complexity index is 970. The lowest BCUT2D eigenvalue weighted by Crippen LogP contribution is -2.39. The van der Waals surface area contributed by atoms with E-state index in [9.17, 15) is 18.7 Å². The lowest BCUT2D eigenvalue weighted by molar-refractivity contribution is -0.121. The van der Waals surface area contributed by atoms with Crippen molar-refractivity contribution in [3.63, 3.8) is 0 Å². The van der Waals surface area contributed by atoms with Gasteiger partial charge in [0, 0.05) is 33.0 Å². The highest BCUT2D eigenvalue weighted by molar-refractivity contribution is 6.12. The van der Waals surface area contributed by atoms with E-state index in [-0.39, 0.29) is 44.3 Å². The van der Waals surface area contributed by atoms with Crippen LogP contribution in [0.2, 0.25) is 0 Å². The van der Waals surface area contributed by atoms with E-state index in [0.29, 0.717) is 28.7 Å². The van der Waals surface area contributed by atoms with Crippen LogP contribution in [0.25, 0.3) is 0 Å². The molecule has 1 amide bonds. The summed E-state index contributed by atoms with van der Waals surface area (Å²) >= 11 is 0. The molecule has 160 valence electrons. The number of carbonyl (C=O) groups is 1. The summed E-state index contributed by atoms with van der Waals surface area (Å²) in [6, 6.07) is 3.46. The van der Waals surface area contributed by atoms with Gasteiger partial charge in [0.05, 0.1) is 22.9 Å². The number of halogens is 2. The molecule has 2 aromatic heterocycles. The third-order valence-electron chi connectivity index (χ3n) is 5.70. The Labute approximate surface area is 173 Å². The number of amides is 1. The number of hydrogen-bond acceptors (Lipinski definition) is 7. The number of nitrogens with zero attached hydrogens (tertiary/aromatic N) is 5. The highest BCUT2D eigenvalue weighted by Crippen LogP contribution is 2.47. The molecular formula is C20H24F2N6O2. The van der Waals surface area contributed by atoms with Crippen molar-refractivity contribution < 1.29 is 18.7 Å². The molecule has 4 rings (SSSR count). The van der Waals surface area contributed by atoms with Crippen molar-refractivity contribution >= 4 is 29.0 Å². The molecule has 0 radical (unpaired) electrons. The number of aliphatic hydroxyl groups excluding tert-OH is 1. The van der Waals surface area contributed by atoms with Crippen molar-refractivity contribution in [3.05, 3.63) is 29.7 Å². The van der Waals surface area contributed by atoms with Gasteiger partial charge in [0.2, 0.25) is 5.91 Å². The van der Waals surface area contributed by atoms with E-state index in [2.05, 4.69) is 20.3 Å². The van der Waals surface area contributed by atoms with Gasteiger partial charge in [0.1, 0.15) is 24.1 Å². The van der Waals surface area contributed by atoms with Gasteiger partial charge in [0.25, 0.3) is 5.92 Å². The van der Waals surface area contributed by atoms with Crippen molar-refractivity contribution in [2.75, 3.05) is 35.3 Å². The van der Waals surface area contributed by atoms with Gasteiger partial charge in [-0.3, -0.25) is 9.69 Å². The molecule has 2 aliphatic rings. The van der Waals surface area contributed by atoms with Gasteiger partial charge < -0.3 is 15.3 Å². The first-order chi connectivity index (χ1) is 14.2. The van der Waals surface area contributed by atoms with E-state index >= 15 is 0 Å². The van der Waals surface area contributed by atoms with E-state index in [1.165, 1.54) is 4.90 Å². The SMILES string of the molecule is CNc1nc(CO)nc2c1C(C)(C)C(=O)N2c1ccc(N2CCC(F)(F)CC2)nc1. The van der Waals surface area contributed by atoms with E-state index in [0.717, 1.165) is 0 Å². The van der Waals surface area contributed by atoms with Crippen LogP contribution in [0.1, 0.15) is 38.1 Å². The minimum absolute atomic E-state index is 0.189. The van der Waals surface area contributed by atoms with Crippen LogP contribution in [0.15, 0.2) is 18.3 Å². The number of piperidine rings is 1. The van der Waals surface area contributed by atoms with Crippen LogP contribution in [-0.4, -0.2) is 52.0 Å². The van der Waals surface area contributed by atoms with Crippen LogP contribution >= 0.6 is 0 Å². The van der Waals surface area contributed by atoms with Crippen molar-refractivity contribution in [2.24, 2.45) is 0 Å². The van der Waals surface area contributed by atoms with Gasteiger partial charge in [-0.05, 0) is 26.0 Å². The van der Waals surface area contributed by atoms with Crippen molar-refractivity contribution in [1.82, 2.24) is 15.0 Å². The normalized spacial score (nSPS) is 19.7. The molecule has 1 fully saturated rings. The van der Waals surface area contributed by atoms with E-state index in [1.807, 2.05) is 4.90 Å². The number of fused-ring (bicyclic) bond motifs is 1. The fraction of sp³-hybridized carbons (Fsp3) is 0.500. The summed E-state index contributed by atoms with van der Waals surface area (Å²) in [6.07, 6.45) is 1.15. The van der Waals surface area contributed by atoms with Crippen LogP contribution in [0, 0.1) is 0 Å². The molecule has 0 bridgehead atoms. The first kappa shape index (κ1) is 20.4. The molecule has 0 spiro atoms. The Balaban J connectivity index is 1.69. The lowest BCUT2D eigenvalue weighted by atomic mass is 9.87. The predicted octanol–water partition coefficient (Wildman–Crippen LogP) is 2.60. The lowest BCUT2D eigenvalue weighted by Gasteiger charge is -2.32. The average molecular weight is 418 g/mol. The second kappa shape index (κ2) is 7.12. The highest BCUT2D eigenvalue weighted by atomic mass is 19.3. The molecule has 1 saturated heterocycles. The van der Waals surface area contributed by atoms with Crippen molar-refractivity contribution in [3.8, 4) is 0 Å². The first-order valence-corrected chi connectivity index (χ1v) is 9.81. The molecule has 8 nitrogen and oxygen atoms in total. The molecule has 2 aromatic rings. The van der Waals surface area contributed by atoms with Crippen LogP contribution in [0.5, 0.6) is 0 Å². The largest absolute Gasteiger partial charge is 0.388 e. The second-order valence-corrected chi connectivity index (χ2v) is 8.08. The zero-order valence-electron chi connectivity index (χ0n) is 17.1.